The second kappa shape index (κ2) is 4.22. The minimum Gasteiger partial charge on any atom is -0.465 e. The molecule has 0 radical (unpaired) electrons. The lowest BCUT2D eigenvalue weighted by Crippen LogP contribution is -2.30. The predicted molar refractivity (Wildman–Crippen MR) is 61.8 cm³/mol. The average molecular weight is 243 g/mol. The number of furan rings is 1. The van der Waals surface area contributed by atoms with Crippen molar-refractivity contribution in [1.82, 2.24) is 0 Å². The van der Waals surface area contributed by atoms with Crippen LogP contribution in [0.25, 0.3) is 0 Å². The standard InChI is InChI=1S/C11H17NO3S/c1-8-2-3-10(15-8)11(12)9-4-6-16(13,14)7-5-9/h2-3,9,11H,4-7,12H2,1H3. The first-order valence-electron chi connectivity index (χ1n) is 5.50. The van der Waals surface area contributed by atoms with Gasteiger partial charge >= 0.3 is 0 Å². The van der Waals surface area contributed by atoms with Crippen LogP contribution in [0, 0.1) is 12.8 Å². The molecular formula is C11H17NO3S. The van der Waals surface area contributed by atoms with Crippen LogP contribution in [0.3, 0.4) is 0 Å². The lowest BCUT2D eigenvalue weighted by atomic mass is 9.93. The quantitative estimate of drug-likeness (QED) is 0.852. The molecule has 1 atom stereocenters. The molecule has 1 unspecified atom stereocenters. The molecule has 0 amide bonds. The molecule has 2 N–H and O–H groups in total. The molecule has 0 spiro atoms. The number of hydrogen-bond acceptors (Lipinski definition) is 4. The molecule has 0 aromatic carbocycles. The van der Waals surface area contributed by atoms with Crippen molar-refractivity contribution in [3.05, 3.63) is 23.7 Å². The Balaban J connectivity index is 2.04. The fourth-order valence-corrected chi connectivity index (χ4v) is 3.66. The Kier molecular flexibility index (Phi) is 3.08. The summed E-state index contributed by atoms with van der Waals surface area (Å²) in [5, 5.41) is 0. The Labute approximate surface area is 95.7 Å². The van der Waals surface area contributed by atoms with Crippen LogP contribution in [0.2, 0.25) is 0 Å². The SMILES string of the molecule is Cc1ccc(C(N)C2CCS(=O)(=O)CC2)o1. The molecule has 2 rings (SSSR count). The molecular weight excluding hydrogens is 226 g/mol. The Hall–Kier alpha value is -0.810. The highest BCUT2D eigenvalue weighted by molar-refractivity contribution is 7.91. The molecule has 1 fully saturated rings. The molecule has 1 saturated heterocycles. The van der Waals surface area contributed by atoms with Crippen LogP contribution in [-0.4, -0.2) is 19.9 Å². The summed E-state index contributed by atoms with van der Waals surface area (Å²) in [5.74, 6) is 2.33. The van der Waals surface area contributed by atoms with Crippen molar-refractivity contribution in [3.8, 4) is 0 Å². The summed E-state index contributed by atoms with van der Waals surface area (Å²) >= 11 is 0. The summed E-state index contributed by atoms with van der Waals surface area (Å²) in [5.41, 5.74) is 6.08. The smallest absolute Gasteiger partial charge is 0.150 e. The Morgan fingerprint density at radius 3 is 2.50 bits per heavy atom. The van der Waals surface area contributed by atoms with Gasteiger partial charge in [-0.25, -0.2) is 8.42 Å². The van der Waals surface area contributed by atoms with Crippen LogP contribution in [0.4, 0.5) is 0 Å². The van der Waals surface area contributed by atoms with Gasteiger partial charge in [-0.3, -0.25) is 0 Å². The third-order valence-corrected chi connectivity index (χ3v) is 4.91. The van der Waals surface area contributed by atoms with E-state index < -0.39 is 9.84 Å². The van der Waals surface area contributed by atoms with E-state index in [-0.39, 0.29) is 23.5 Å². The highest BCUT2D eigenvalue weighted by atomic mass is 32.2. The monoisotopic (exact) mass is 243 g/mol. The number of hydrogen-bond donors (Lipinski definition) is 1. The zero-order chi connectivity index (χ0) is 11.8. The maximum absolute atomic E-state index is 11.3. The fraction of sp³-hybridized carbons (Fsp3) is 0.636. The first-order valence-corrected chi connectivity index (χ1v) is 7.32. The van der Waals surface area contributed by atoms with Crippen molar-refractivity contribution < 1.29 is 12.8 Å². The highest BCUT2D eigenvalue weighted by Crippen LogP contribution is 2.30. The Bertz CT molecular complexity index is 449. The van der Waals surface area contributed by atoms with Gasteiger partial charge in [0, 0.05) is 0 Å². The lowest BCUT2D eigenvalue weighted by Gasteiger charge is -2.26. The normalized spacial score (nSPS) is 23.1. The Morgan fingerprint density at radius 1 is 1.38 bits per heavy atom. The van der Waals surface area contributed by atoms with E-state index in [0.29, 0.717) is 12.8 Å². The van der Waals surface area contributed by atoms with Gasteiger partial charge < -0.3 is 10.2 Å². The van der Waals surface area contributed by atoms with Crippen molar-refractivity contribution in [2.75, 3.05) is 11.5 Å². The van der Waals surface area contributed by atoms with E-state index in [1.807, 2.05) is 19.1 Å². The van der Waals surface area contributed by atoms with E-state index >= 15 is 0 Å². The molecule has 1 aromatic rings. The van der Waals surface area contributed by atoms with Gasteiger partial charge in [-0.1, -0.05) is 0 Å². The van der Waals surface area contributed by atoms with Crippen LogP contribution in [0.1, 0.15) is 30.4 Å². The van der Waals surface area contributed by atoms with Gasteiger partial charge in [-0.2, -0.15) is 0 Å². The van der Waals surface area contributed by atoms with Gasteiger partial charge in [-0.05, 0) is 37.8 Å². The van der Waals surface area contributed by atoms with Crippen LogP contribution >= 0.6 is 0 Å². The minimum absolute atomic E-state index is 0.177. The van der Waals surface area contributed by atoms with E-state index in [1.165, 1.54) is 0 Å². The molecule has 0 bridgehead atoms. The third kappa shape index (κ3) is 2.47. The first kappa shape index (κ1) is 11.7. The molecule has 90 valence electrons. The number of rotatable bonds is 2. The molecule has 1 aliphatic heterocycles. The zero-order valence-corrected chi connectivity index (χ0v) is 10.2. The van der Waals surface area contributed by atoms with Crippen molar-refractivity contribution in [3.63, 3.8) is 0 Å². The molecule has 1 aliphatic rings. The minimum atomic E-state index is -2.81. The predicted octanol–water partition coefficient (Wildman–Crippen LogP) is 1.41. The summed E-state index contributed by atoms with van der Waals surface area (Å²) in [6, 6.07) is 3.59. The molecule has 0 saturated carbocycles. The van der Waals surface area contributed by atoms with E-state index in [4.69, 9.17) is 10.2 Å². The van der Waals surface area contributed by atoms with E-state index in [0.717, 1.165) is 11.5 Å². The van der Waals surface area contributed by atoms with Gasteiger partial charge in [0.2, 0.25) is 0 Å². The van der Waals surface area contributed by atoms with E-state index in [9.17, 15) is 8.42 Å². The molecule has 1 aromatic heterocycles. The molecule has 5 heteroatoms. The summed E-state index contributed by atoms with van der Waals surface area (Å²) < 4.78 is 28.1. The third-order valence-electron chi connectivity index (χ3n) is 3.20. The van der Waals surface area contributed by atoms with Gasteiger partial charge in [0.1, 0.15) is 21.4 Å². The number of aryl methyl sites for hydroxylation is 1. The fourth-order valence-electron chi connectivity index (χ4n) is 2.13. The van der Waals surface area contributed by atoms with Gasteiger partial charge in [0.25, 0.3) is 0 Å². The van der Waals surface area contributed by atoms with Crippen LogP contribution in [0.15, 0.2) is 16.5 Å². The van der Waals surface area contributed by atoms with Gasteiger partial charge in [-0.15, -0.1) is 0 Å². The van der Waals surface area contributed by atoms with Gasteiger partial charge in [0.05, 0.1) is 17.5 Å². The first-order chi connectivity index (χ1) is 7.48. The summed E-state index contributed by atoms with van der Waals surface area (Å²) in [6.07, 6.45) is 1.28. The number of nitrogens with two attached hydrogens (primary N) is 1. The van der Waals surface area contributed by atoms with Crippen molar-refractivity contribution in [1.29, 1.82) is 0 Å². The summed E-state index contributed by atoms with van der Waals surface area (Å²) in [4.78, 5) is 0. The largest absolute Gasteiger partial charge is 0.465 e. The van der Waals surface area contributed by atoms with Crippen molar-refractivity contribution in [2.45, 2.75) is 25.8 Å². The molecule has 4 nitrogen and oxygen atoms in total. The van der Waals surface area contributed by atoms with Crippen molar-refractivity contribution in [2.24, 2.45) is 11.7 Å². The maximum atomic E-state index is 11.3. The Morgan fingerprint density at radius 2 is 2.00 bits per heavy atom. The number of sulfone groups is 1. The summed E-state index contributed by atoms with van der Waals surface area (Å²) in [6.45, 7) is 1.88. The second-order valence-electron chi connectivity index (χ2n) is 4.46. The molecule has 0 aliphatic carbocycles. The highest BCUT2D eigenvalue weighted by Gasteiger charge is 2.29. The van der Waals surface area contributed by atoms with E-state index in [2.05, 4.69) is 0 Å². The molecule has 2 heterocycles. The average Bonchev–Trinajstić information content (AvgIpc) is 2.64. The van der Waals surface area contributed by atoms with Gasteiger partial charge in [0.15, 0.2) is 0 Å². The lowest BCUT2D eigenvalue weighted by molar-refractivity contribution is 0.334. The van der Waals surface area contributed by atoms with Crippen LogP contribution in [-0.2, 0) is 9.84 Å². The van der Waals surface area contributed by atoms with E-state index in [1.54, 1.807) is 0 Å². The molecule has 16 heavy (non-hydrogen) atoms. The van der Waals surface area contributed by atoms with Crippen LogP contribution in [0.5, 0.6) is 0 Å². The topological polar surface area (TPSA) is 73.3 Å². The summed E-state index contributed by atoms with van der Waals surface area (Å²) in [7, 11) is -2.81. The maximum Gasteiger partial charge on any atom is 0.150 e. The zero-order valence-electron chi connectivity index (χ0n) is 9.35. The van der Waals surface area contributed by atoms with Crippen LogP contribution < -0.4 is 5.73 Å². The second-order valence-corrected chi connectivity index (χ2v) is 6.77. The van der Waals surface area contributed by atoms with Crippen molar-refractivity contribution >= 4 is 9.84 Å².